The maximum atomic E-state index is 9.03. The Morgan fingerprint density at radius 1 is 1.31 bits per heavy atom. The van der Waals surface area contributed by atoms with E-state index in [0.29, 0.717) is 6.61 Å². The highest BCUT2D eigenvalue weighted by Crippen LogP contribution is 2.37. The molecule has 0 amide bonds. The Hall–Kier alpha value is -1.40. The third-order valence-electron chi connectivity index (χ3n) is 3.40. The monoisotopic (exact) mass is 218 g/mol. The van der Waals surface area contributed by atoms with Gasteiger partial charge in [0.2, 0.25) is 0 Å². The van der Waals surface area contributed by atoms with Gasteiger partial charge in [0.1, 0.15) is 0 Å². The summed E-state index contributed by atoms with van der Waals surface area (Å²) >= 11 is 0. The highest BCUT2D eigenvalue weighted by atomic mass is 16.5. The highest BCUT2D eigenvalue weighted by Gasteiger charge is 2.53. The summed E-state index contributed by atoms with van der Waals surface area (Å²) in [6.07, 6.45) is 7.50. The van der Waals surface area contributed by atoms with Crippen LogP contribution in [0, 0.1) is 28.3 Å². The first kappa shape index (κ1) is 11.1. The Balaban J connectivity index is 2.15. The molecule has 0 N–H and O–H groups in total. The van der Waals surface area contributed by atoms with Crippen molar-refractivity contribution >= 4 is 7.19 Å². The van der Waals surface area contributed by atoms with Crippen LogP contribution in [0.25, 0.3) is 0 Å². The van der Waals surface area contributed by atoms with Crippen LogP contribution in [0.15, 0.2) is 0 Å². The molecule has 3 saturated heterocycles. The number of rotatable bonds is 3. The van der Waals surface area contributed by atoms with Crippen LogP contribution in [-0.2, 0) is 4.65 Å². The lowest BCUT2D eigenvalue weighted by Crippen LogP contribution is -2.69. The summed E-state index contributed by atoms with van der Waals surface area (Å²) in [5, 5.41) is 18.1. The Morgan fingerprint density at radius 3 is 2.44 bits per heavy atom. The van der Waals surface area contributed by atoms with Gasteiger partial charge in [0.05, 0.1) is 0 Å². The van der Waals surface area contributed by atoms with E-state index in [9.17, 15) is 0 Å². The zero-order valence-electron chi connectivity index (χ0n) is 9.52. The maximum absolute atomic E-state index is 9.03. The van der Waals surface area contributed by atoms with Crippen LogP contribution in [-0.4, -0.2) is 36.5 Å². The Kier molecular flexibility index (Phi) is 2.94. The number of nitrogens with zero attached hydrogens (tertiary/aromatic N) is 4. The number of nitriles is 2. The lowest BCUT2D eigenvalue weighted by atomic mass is 9.70. The lowest BCUT2D eigenvalue weighted by Gasteiger charge is -2.51. The molecule has 0 aliphatic carbocycles. The van der Waals surface area contributed by atoms with E-state index < -0.39 is 7.19 Å². The second kappa shape index (κ2) is 4.23. The van der Waals surface area contributed by atoms with Gasteiger partial charge in [-0.05, 0) is 6.42 Å². The van der Waals surface area contributed by atoms with Crippen molar-refractivity contribution in [2.24, 2.45) is 5.41 Å². The van der Waals surface area contributed by atoms with Crippen molar-refractivity contribution in [3.05, 3.63) is 0 Å². The lowest BCUT2D eigenvalue weighted by molar-refractivity contribution is -0.000334. The number of unbranched alkanes of at least 4 members (excludes halogenated alkanes) is 1. The molecule has 6 heteroatoms. The Morgan fingerprint density at radius 2 is 1.94 bits per heavy atom. The summed E-state index contributed by atoms with van der Waals surface area (Å²) in [5.74, 6) is 0. The molecule has 0 unspecified atom stereocenters. The van der Waals surface area contributed by atoms with Gasteiger partial charge in [-0.2, -0.15) is 10.5 Å². The van der Waals surface area contributed by atoms with Gasteiger partial charge in [-0.3, -0.25) is 0 Å². The van der Waals surface area contributed by atoms with E-state index in [1.54, 1.807) is 9.62 Å². The van der Waals surface area contributed by atoms with Crippen LogP contribution >= 0.6 is 0 Å². The zero-order chi connectivity index (χ0) is 11.6. The van der Waals surface area contributed by atoms with Crippen molar-refractivity contribution in [3.8, 4) is 12.4 Å². The molecule has 3 fully saturated rings. The van der Waals surface area contributed by atoms with E-state index in [2.05, 4.69) is 19.3 Å². The predicted octanol–water partition coefficient (Wildman–Crippen LogP) is 0.758. The molecular weight excluding hydrogens is 203 g/mol. The van der Waals surface area contributed by atoms with Gasteiger partial charge in [-0.25, -0.2) is 0 Å². The fourth-order valence-corrected chi connectivity index (χ4v) is 2.57. The molecular formula is C10H15BN4O. The minimum Gasteiger partial charge on any atom is -0.396 e. The second-order valence-corrected chi connectivity index (χ2v) is 4.70. The van der Waals surface area contributed by atoms with Crippen molar-refractivity contribution in [1.29, 1.82) is 10.5 Å². The molecule has 0 saturated carbocycles. The van der Waals surface area contributed by atoms with Crippen molar-refractivity contribution in [2.75, 3.05) is 19.7 Å². The van der Waals surface area contributed by atoms with Crippen LogP contribution in [0.2, 0.25) is 0 Å². The Labute approximate surface area is 96.3 Å². The van der Waals surface area contributed by atoms with Gasteiger partial charge < -0.3 is 14.3 Å². The summed E-state index contributed by atoms with van der Waals surface area (Å²) in [7, 11) is -0.460. The third-order valence-corrected chi connectivity index (χ3v) is 3.40. The van der Waals surface area contributed by atoms with E-state index >= 15 is 0 Å². The minimum atomic E-state index is -0.460. The van der Waals surface area contributed by atoms with Gasteiger partial charge in [-0.1, -0.05) is 19.8 Å². The molecule has 84 valence electrons. The number of hydrogen-bond acceptors (Lipinski definition) is 5. The normalized spacial score (nSPS) is 21.8. The fraction of sp³-hybridized carbons (Fsp3) is 0.800. The molecule has 2 bridgehead atoms. The first-order valence-corrected chi connectivity index (χ1v) is 5.69. The van der Waals surface area contributed by atoms with Gasteiger partial charge in [0.25, 0.3) is 0 Å². The van der Waals surface area contributed by atoms with Crippen molar-refractivity contribution < 1.29 is 4.65 Å². The Bertz CT molecular complexity index is 324. The molecule has 0 aromatic carbocycles. The fourth-order valence-electron chi connectivity index (χ4n) is 2.57. The largest absolute Gasteiger partial charge is 0.566 e. The summed E-state index contributed by atoms with van der Waals surface area (Å²) in [6, 6.07) is 0. The molecule has 0 aromatic rings. The molecule has 16 heavy (non-hydrogen) atoms. The molecule has 3 aliphatic heterocycles. The summed E-state index contributed by atoms with van der Waals surface area (Å²) in [4.78, 5) is 3.15. The quantitative estimate of drug-likeness (QED) is 0.516. The van der Waals surface area contributed by atoms with E-state index in [4.69, 9.17) is 15.2 Å². The summed E-state index contributed by atoms with van der Waals surface area (Å²) in [6.45, 7) is 4.28. The molecule has 0 aromatic heterocycles. The van der Waals surface area contributed by atoms with Crippen LogP contribution in [0.3, 0.4) is 0 Å². The van der Waals surface area contributed by atoms with E-state index in [1.165, 1.54) is 0 Å². The van der Waals surface area contributed by atoms with Crippen molar-refractivity contribution in [3.63, 3.8) is 0 Å². The van der Waals surface area contributed by atoms with E-state index in [1.807, 2.05) is 0 Å². The topological polar surface area (TPSA) is 63.3 Å². The average molecular weight is 218 g/mol. The minimum absolute atomic E-state index is 0.0315. The van der Waals surface area contributed by atoms with E-state index in [-0.39, 0.29) is 5.41 Å². The van der Waals surface area contributed by atoms with E-state index in [0.717, 1.165) is 32.4 Å². The van der Waals surface area contributed by atoms with Gasteiger partial charge in [0, 0.05) is 25.1 Å². The molecule has 3 heterocycles. The molecule has 5 nitrogen and oxygen atoms in total. The van der Waals surface area contributed by atoms with Crippen LogP contribution < -0.4 is 0 Å². The van der Waals surface area contributed by atoms with Gasteiger partial charge >= 0.3 is 7.19 Å². The molecule has 0 radical (unpaired) electrons. The van der Waals surface area contributed by atoms with Gasteiger partial charge in [0.15, 0.2) is 12.4 Å². The first-order valence-electron chi connectivity index (χ1n) is 5.69. The van der Waals surface area contributed by atoms with Crippen LogP contribution in [0.4, 0.5) is 0 Å². The molecule has 3 rings (SSSR count). The third kappa shape index (κ3) is 1.70. The summed E-state index contributed by atoms with van der Waals surface area (Å²) in [5.41, 5.74) is -0.0315. The van der Waals surface area contributed by atoms with Crippen LogP contribution in [0.5, 0.6) is 0 Å². The smallest absolute Gasteiger partial charge is 0.396 e. The number of hydrogen-bond donors (Lipinski definition) is 0. The van der Waals surface area contributed by atoms with Gasteiger partial charge in [-0.15, -0.1) is 0 Å². The van der Waals surface area contributed by atoms with Crippen molar-refractivity contribution in [2.45, 2.75) is 26.2 Å². The standard InChI is InChI=1S/C10H15BN4O/c1-2-3-4-10-5-14(8-12)11(16-7-10)15(6-10)9-13/h2-7H2,1H3. The SMILES string of the molecule is CCCCC12COB(N(C#N)C1)N(C#N)C2. The maximum Gasteiger partial charge on any atom is 0.566 e. The summed E-state index contributed by atoms with van der Waals surface area (Å²) < 4.78 is 5.59. The van der Waals surface area contributed by atoms with Crippen LogP contribution in [0.1, 0.15) is 26.2 Å². The highest BCUT2D eigenvalue weighted by molar-refractivity contribution is 6.47. The average Bonchev–Trinajstić information content (AvgIpc) is 2.36. The molecule has 3 aliphatic rings. The zero-order valence-corrected chi connectivity index (χ0v) is 9.52. The molecule has 0 spiro atoms. The predicted molar refractivity (Wildman–Crippen MR) is 58.3 cm³/mol. The first-order chi connectivity index (χ1) is 7.74. The number of fused-ring (bicyclic) bond motifs is 3. The second-order valence-electron chi connectivity index (χ2n) is 4.70. The van der Waals surface area contributed by atoms with Crippen molar-refractivity contribution in [1.82, 2.24) is 9.62 Å². The molecule has 0 atom stereocenters.